The largest absolute Gasteiger partial charge is 0.390 e. The van der Waals surface area contributed by atoms with Crippen molar-refractivity contribution < 1.29 is 14.7 Å². The summed E-state index contributed by atoms with van der Waals surface area (Å²) in [6, 6.07) is -0.305. The summed E-state index contributed by atoms with van der Waals surface area (Å²) < 4.78 is 0. The minimum atomic E-state index is -0.887. The first kappa shape index (κ1) is 12.5. The van der Waals surface area contributed by atoms with Gasteiger partial charge in [-0.3, -0.25) is 9.59 Å². The van der Waals surface area contributed by atoms with E-state index in [0.29, 0.717) is 6.42 Å². The standard InChI is InChI=1S/C10H17NO3S/c1-5(15)3-4-7-9(13)8(6(2)12)10(14)11-7/h5,7-9,13,15H,3-4H2,1-2H3,(H,11,14). The Bertz CT molecular complexity index is 267. The number of carbonyl (C=O) groups is 2. The maximum atomic E-state index is 11.4. The van der Waals surface area contributed by atoms with E-state index < -0.39 is 12.0 Å². The number of ketones is 1. The van der Waals surface area contributed by atoms with Crippen LogP contribution in [0.25, 0.3) is 0 Å². The lowest BCUT2D eigenvalue weighted by atomic mass is 9.95. The van der Waals surface area contributed by atoms with Gasteiger partial charge in [0.2, 0.25) is 5.91 Å². The van der Waals surface area contributed by atoms with Gasteiger partial charge in [-0.15, -0.1) is 0 Å². The van der Waals surface area contributed by atoms with Gasteiger partial charge in [0, 0.05) is 0 Å². The lowest BCUT2D eigenvalue weighted by Gasteiger charge is -2.16. The van der Waals surface area contributed by atoms with Gasteiger partial charge in [-0.25, -0.2) is 0 Å². The Morgan fingerprint density at radius 1 is 1.67 bits per heavy atom. The zero-order valence-corrected chi connectivity index (χ0v) is 9.83. The van der Waals surface area contributed by atoms with Crippen LogP contribution < -0.4 is 5.32 Å². The molecule has 1 fully saturated rings. The number of nitrogens with one attached hydrogen (secondary N) is 1. The molecule has 86 valence electrons. The van der Waals surface area contributed by atoms with Gasteiger partial charge in [0.1, 0.15) is 11.7 Å². The Hall–Kier alpha value is -0.550. The second-order valence-electron chi connectivity index (χ2n) is 4.12. The third kappa shape index (κ3) is 2.95. The maximum absolute atomic E-state index is 11.4. The van der Waals surface area contributed by atoms with Crippen molar-refractivity contribution in [3.05, 3.63) is 0 Å². The van der Waals surface area contributed by atoms with E-state index in [1.54, 1.807) is 0 Å². The number of hydrogen-bond acceptors (Lipinski definition) is 4. The lowest BCUT2D eigenvalue weighted by molar-refractivity contribution is -0.132. The van der Waals surface area contributed by atoms with Crippen LogP contribution in [0.5, 0.6) is 0 Å². The van der Waals surface area contributed by atoms with Gasteiger partial charge >= 0.3 is 0 Å². The van der Waals surface area contributed by atoms with Crippen molar-refractivity contribution in [1.82, 2.24) is 5.32 Å². The molecule has 0 aliphatic carbocycles. The number of thiol groups is 1. The molecule has 2 N–H and O–H groups in total. The molecule has 1 aliphatic heterocycles. The molecule has 4 atom stereocenters. The fourth-order valence-corrected chi connectivity index (χ4v) is 1.98. The second kappa shape index (κ2) is 4.99. The summed E-state index contributed by atoms with van der Waals surface area (Å²) in [5.41, 5.74) is 0. The molecule has 0 spiro atoms. The Morgan fingerprint density at radius 2 is 2.27 bits per heavy atom. The van der Waals surface area contributed by atoms with Crippen LogP contribution in [0.3, 0.4) is 0 Å². The molecule has 5 heteroatoms. The summed E-state index contributed by atoms with van der Waals surface area (Å²) in [4.78, 5) is 22.5. The quantitative estimate of drug-likeness (QED) is 0.476. The summed E-state index contributed by atoms with van der Waals surface area (Å²) >= 11 is 4.22. The third-order valence-electron chi connectivity index (χ3n) is 2.70. The highest BCUT2D eigenvalue weighted by Crippen LogP contribution is 2.21. The number of rotatable bonds is 4. The van der Waals surface area contributed by atoms with Crippen LogP contribution in [0.2, 0.25) is 0 Å². The molecule has 0 saturated carbocycles. The molecule has 1 saturated heterocycles. The minimum Gasteiger partial charge on any atom is -0.390 e. The molecule has 15 heavy (non-hydrogen) atoms. The zero-order chi connectivity index (χ0) is 11.6. The number of amides is 1. The molecule has 0 aromatic carbocycles. The molecule has 0 aromatic rings. The highest BCUT2D eigenvalue weighted by Gasteiger charge is 2.43. The topological polar surface area (TPSA) is 66.4 Å². The fourth-order valence-electron chi connectivity index (χ4n) is 1.83. The Kier molecular flexibility index (Phi) is 4.16. The summed E-state index contributed by atoms with van der Waals surface area (Å²) in [5.74, 6) is -1.52. The zero-order valence-electron chi connectivity index (χ0n) is 8.93. The van der Waals surface area contributed by atoms with E-state index in [1.807, 2.05) is 6.92 Å². The molecule has 4 unspecified atom stereocenters. The molecule has 1 rings (SSSR count). The van der Waals surface area contributed by atoms with Crippen LogP contribution in [0.1, 0.15) is 26.7 Å². The number of hydrogen-bond donors (Lipinski definition) is 3. The van der Waals surface area contributed by atoms with Gasteiger partial charge in [-0.1, -0.05) is 6.92 Å². The van der Waals surface area contributed by atoms with Crippen LogP contribution in [0.15, 0.2) is 0 Å². The average molecular weight is 231 g/mol. The van der Waals surface area contributed by atoms with Crippen LogP contribution in [-0.4, -0.2) is 34.2 Å². The number of carbonyl (C=O) groups excluding carboxylic acids is 2. The van der Waals surface area contributed by atoms with E-state index in [9.17, 15) is 14.7 Å². The molecule has 0 radical (unpaired) electrons. The number of aliphatic hydroxyl groups excluding tert-OH is 1. The first-order valence-corrected chi connectivity index (χ1v) is 5.62. The third-order valence-corrected chi connectivity index (χ3v) is 2.96. The van der Waals surface area contributed by atoms with Crippen molar-refractivity contribution in [3.63, 3.8) is 0 Å². The van der Waals surface area contributed by atoms with Gasteiger partial charge in [0.05, 0.1) is 12.1 Å². The average Bonchev–Trinajstić information content (AvgIpc) is 2.37. The number of Topliss-reactive ketones (excluding diaryl/α,β-unsaturated/α-hetero) is 1. The van der Waals surface area contributed by atoms with Crippen molar-refractivity contribution in [3.8, 4) is 0 Å². The van der Waals surface area contributed by atoms with E-state index in [4.69, 9.17) is 0 Å². The van der Waals surface area contributed by atoms with Crippen molar-refractivity contribution >= 4 is 24.3 Å². The van der Waals surface area contributed by atoms with Crippen molar-refractivity contribution in [2.24, 2.45) is 5.92 Å². The molecule has 0 bridgehead atoms. The monoisotopic (exact) mass is 231 g/mol. The van der Waals surface area contributed by atoms with Crippen LogP contribution in [-0.2, 0) is 9.59 Å². The van der Waals surface area contributed by atoms with E-state index in [2.05, 4.69) is 17.9 Å². The lowest BCUT2D eigenvalue weighted by Crippen LogP contribution is -2.33. The fraction of sp³-hybridized carbons (Fsp3) is 0.800. The van der Waals surface area contributed by atoms with E-state index >= 15 is 0 Å². The second-order valence-corrected chi connectivity index (χ2v) is 5.00. The summed E-state index contributed by atoms with van der Waals surface area (Å²) in [6.07, 6.45) is 0.568. The molecular weight excluding hydrogens is 214 g/mol. The highest BCUT2D eigenvalue weighted by molar-refractivity contribution is 7.80. The molecule has 0 aromatic heterocycles. The van der Waals surface area contributed by atoms with Gasteiger partial charge in [0.25, 0.3) is 0 Å². The Labute approximate surface area is 94.8 Å². The van der Waals surface area contributed by atoms with Crippen molar-refractivity contribution in [1.29, 1.82) is 0 Å². The van der Waals surface area contributed by atoms with Crippen LogP contribution in [0.4, 0.5) is 0 Å². The normalized spacial score (nSPS) is 32.5. The molecule has 4 nitrogen and oxygen atoms in total. The maximum Gasteiger partial charge on any atom is 0.233 e. The van der Waals surface area contributed by atoms with Crippen molar-refractivity contribution in [2.75, 3.05) is 0 Å². The van der Waals surface area contributed by atoms with E-state index in [0.717, 1.165) is 6.42 Å². The molecular formula is C10H17NO3S. The number of aliphatic hydroxyl groups is 1. The minimum absolute atomic E-state index is 0.227. The summed E-state index contributed by atoms with van der Waals surface area (Å²) in [5, 5.41) is 12.6. The Morgan fingerprint density at radius 3 is 2.67 bits per heavy atom. The molecule has 1 amide bonds. The predicted octanol–water partition coefficient (Wildman–Crippen LogP) is 0.149. The van der Waals surface area contributed by atoms with Crippen molar-refractivity contribution in [2.45, 2.75) is 44.1 Å². The van der Waals surface area contributed by atoms with Gasteiger partial charge in [-0.2, -0.15) is 12.6 Å². The van der Waals surface area contributed by atoms with Gasteiger partial charge in [-0.05, 0) is 25.0 Å². The summed E-state index contributed by atoms with van der Waals surface area (Å²) in [7, 11) is 0. The smallest absolute Gasteiger partial charge is 0.233 e. The van der Waals surface area contributed by atoms with E-state index in [1.165, 1.54) is 6.92 Å². The van der Waals surface area contributed by atoms with Crippen LogP contribution >= 0.6 is 12.6 Å². The Balaban J connectivity index is 2.57. The first-order valence-electron chi connectivity index (χ1n) is 5.10. The van der Waals surface area contributed by atoms with E-state index in [-0.39, 0.29) is 23.0 Å². The van der Waals surface area contributed by atoms with Gasteiger partial charge in [0.15, 0.2) is 0 Å². The highest BCUT2D eigenvalue weighted by atomic mass is 32.1. The molecule has 1 heterocycles. The summed E-state index contributed by atoms with van der Waals surface area (Å²) in [6.45, 7) is 3.28. The predicted molar refractivity (Wildman–Crippen MR) is 59.8 cm³/mol. The molecule has 1 aliphatic rings. The van der Waals surface area contributed by atoms with Gasteiger partial charge < -0.3 is 10.4 Å². The van der Waals surface area contributed by atoms with Crippen LogP contribution in [0, 0.1) is 5.92 Å². The SMILES string of the molecule is CC(=O)C1C(=O)NC(CCC(C)S)C1O. The first-order chi connectivity index (χ1) is 6.93.